The van der Waals surface area contributed by atoms with Gasteiger partial charge in [0.1, 0.15) is 23.7 Å². The second-order valence-corrected chi connectivity index (χ2v) is 5.91. The van der Waals surface area contributed by atoms with Gasteiger partial charge < -0.3 is 15.5 Å². The van der Waals surface area contributed by atoms with Gasteiger partial charge in [-0.05, 0) is 25.3 Å². The van der Waals surface area contributed by atoms with E-state index in [1.54, 1.807) is 0 Å². The van der Waals surface area contributed by atoms with Crippen molar-refractivity contribution >= 4 is 29.9 Å². The highest BCUT2D eigenvalue weighted by Gasteiger charge is 2.23. The largest absolute Gasteiger partial charge is 0.507 e. The summed E-state index contributed by atoms with van der Waals surface area (Å²) in [5.74, 6) is -2.15. The average molecular weight is 391 g/mol. The van der Waals surface area contributed by atoms with Gasteiger partial charge in [0.25, 0.3) is 5.91 Å². The predicted octanol–water partition coefficient (Wildman–Crippen LogP) is 1.84. The van der Waals surface area contributed by atoms with Crippen molar-refractivity contribution in [2.75, 3.05) is 0 Å². The number of nitrogens with zero attached hydrogens (tertiary/aromatic N) is 3. The number of fused-ring (bicyclic) bond motifs is 1. The summed E-state index contributed by atoms with van der Waals surface area (Å²) in [4.78, 5) is 27.3. The fraction of sp³-hybridized carbons (Fsp3) is 0.222. The Morgan fingerprint density at radius 2 is 1.93 bits per heavy atom. The van der Waals surface area contributed by atoms with Crippen molar-refractivity contribution in [1.29, 1.82) is 0 Å². The molecule has 2 aromatic heterocycles. The summed E-state index contributed by atoms with van der Waals surface area (Å²) >= 11 is 0. The van der Waals surface area contributed by atoms with Crippen molar-refractivity contribution < 1.29 is 19.8 Å². The van der Waals surface area contributed by atoms with Crippen LogP contribution in [-0.2, 0) is 17.6 Å². The highest BCUT2D eigenvalue weighted by Crippen LogP contribution is 2.24. The van der Waals surface area contributed by atoms with Crippen molar-refractivity contribution in [3.8, 4) is 5.75 Å². The van der Waals surface area contributed by atoms with E-state index in [9.17, 15) is 14.7 Å². The van der Waals surface area contributed by atoms with Crippen LogP contribution < -0.4 is 5.32 Å². The molecule has 0 spiro atoms. The number of pyridine rings is 1. The number of nitrogens with one attached hydrogen (secondary N) is 1. The number of carbonyl (C=O) groups is 2. The van der Waals surface area contributed by atoms with E-state index in [0.29, 0.717) is 12.1 Å². The van der Waals surface area contributed by atoms with Gasteiger partial charge in [0.2, 0.25) is 0 Å². The molecule has 0 aliphatic heterocycles. The lowest BCUT2D eigenvalue weighted by atomic mass is 10.1. The normalized spacial score (nSPS) is 11.6. The Hall–Kier alpha value is -3.13. The van der Waals surface area contributed by atoms with Crippen LogP contribution in [0.15, 0.2) is 42.7 Å². The lowest BCUT2D eigenvalue weighted by molar-refractivity contribution is -0.138. The number of amides is 1. The highest BCUT2D eigenvalue weighted by atomic mass is 35.5. The number of carboxylic acids is 1. The van der Waals surface area contributed by atoms with Crippen LogP contribution in [0.1, 0.15) is 28.5 Å². The molecular formula is C18H19ClN4O4. The molecule has 0 aliphatic carbocycles. The van der Waals surface area contributed by atoms with Crippen molar-refractivity contribution in [3.05, 3.63) is 59.5 Å². The Bertz CT molecular complexity index is 959. The number of aromatic nitrogens is 3. The molecule has 0 saturated heterocycles. The molecule has 3 rings (SSSR count). The monoisotopic (exact) mass is 390 g/mol. The minimum Gasteiger partial charge on any atom is -0.507 e. The zero-order valence-electron chi connectivity index (χ0n) is 14.5. The second-order valence-electron chi connectivity index (χ2n) is 5.91. The fourth-order valence-electron chi connectivity index (χ4n) is 2.67. The second kappa shape index (κ2) is 8.50. The van der Waals surface area contributed by atoms with Crippen LogP contribution in [0.3, 0.4) is 0 Å². The maximum Gasteiger partial charge on any atom is 0.325 e. The van der Waals surface area contributed by atoms with Crippen molar-refractivity contribution in [3.63, 3.8) is 0 Å². The summed E-state index contributed by atoms with van der Waals surface area (Å²) in [5.41, 5.74) is 1.92. The standard InChI is InChI=1S/C18H18N4O4.ClH/c1-11(18(25)26)21-17(24)15-14(23)9-13(22-16(15)19-10-20-22)8-7-12-5-3-2-4-6-12;/h2-6,9-11,23H,7-8H2,1H3,(H,21,24)(H,25,26);1H/t11-;/m0./s1. The van der Waals surface area contributed by atoms with E-state index in [2.05, 4.69) is 15.4 Å². The van der Waals surface area contributed by atoms with Gasteiger partial charge in [-0.15, -0.1) is 12.4 Å². The van der Waals surface area contributed by atoms with Gasteiger partial charge in [0.05, 0.1) is 0 Å². The molecule has 0 saturated carbocycles. The summed E-state index contributed by atoms with van der Waals surface area (Å²) in [5, 5.41) is 25.7. The smallest absolute Gasteiger partial charge is 0.325 e. The van der Waals surface area contributed by atoms with E-state index in [4.69, 9.17) is 5.11 Å². The molecule has 0 aliphatic rings. The Morgan fingerprint density at radius 3 is 2.59 bits per heavy atom. The molecule has 1 atom stereocenters. The van der Waals surface area contributed by atoms with E-state index in [0.717, 1.165) is 12.0 Å². The number of aromatic hydroxyl groups is 1. The first-order valence-corrected chi connectivity index (χ1v) is 8.09. The summed E-state index contributed by atoms with van der Waals surface area (Å²) in [6.45, 7) is 1.34. The highest BCUT2D eigenvalue weighted by molar-refractivity contribution is 6.03. The van der Waals surface area contributed by atoms with Crippen molar-refractivity contribution in [2.24, 2.45) is 0 Å². The molecule has 0 fully saturated rings. The lowest BCUT2D eigenvalue weighted by Gasteiger charge is -2.13. The number of hydrogen-bond acceptors (Lipinski definition) is 5. The minimum atomic E-state index is -1.17. The molecule has 0 unspecified atom stereocenters. The molecule has 0 radical (unpaired) electrons. The van der Waals surface area contributed by atoms with Crippen LogP contribution in [-0.4, -0.2) is 42.7 Å². The molecule has 3 aromatic rings. The molecule has 9 heteroatoms. The maximum absolute atomic E-state index is 12.4. The Kier molecular flexibility index (Phi) is 6.36. The predicted molar refractivity (Wildman–Crippen MR) is 100 cm³/mol. The molecule has 1 aromatic carbocycles. The summed E-state index contributed by atoms with van der Waals surface area (Å²) in [7, 11) is 0. The minimum absolute atomic E-state index is 0. The Labute approximate surface area is 161 Å². The molecule has 27 heavy (non-hydrogen) atoms. The zero-order chi connectivity index (χ0) is 18.7. The molecular weight excluding hydrogens is 372 g/mol. The number of halogens is 1. The van der Waals surface area contributed by atoms with Crippen LogP contribution in [0.5, 0.6) is 5.75 Å². The summed E-state index contributed by atoms with van der Waals surface area (Å²) in [6, 6.07) is 10.2. The van der Waals surface area contributed by atoms with Crippen LogP contribution in [0, 0.1) is 0 Å². The summed E-state index contributed by atoms with van der Waals surface area (Å²) < 4.78 is 1.49. The molecule has 8 nitrogen and oxygen atoms in total. The average Bonchev–Trinajstić information content (AvgIpc) is 3.09. The number of benzene rings is 1. The molecule has 3 N–H and O–H groups in total. The molecule has 0 bridgehead atoms. The van der Waals surface area contributed by atoms with Crippen LogP contribution in [0.2, 0.25) is 0 Å². The van der Waals surface area contributed by atoms with Gasteiger partial charge in [-0.2, -0.15) is 5.10 Å². The van der Waals surface area contributed by atoms with Crippen molar-refractivity contribution in [1.82, 2.24) is 19.9 Å². The maximum atomic E-state index is 12.4. The van der Waals surface area contributed by atoms with Crippen molar-refractivity contribution in [2.45, 2.75) is 25.8 Å². The number of carbonyl (C=O) groups excluding carboxylic acids is 1. The third-order valence-electron chi connectivity index (χ3n) is 4.06. The van der Waals surface area contributed by atoms with Gasteiger partial charge in [0.15, 0.2) is 5.65 Å². The third kappa shape index (κ3) is 4.35. The van der Waals surface area contributed by atoms with E-state index in [1.165, 1.54) is 23.8 Å². The number of carboxylic acid groups (broad SMARTS) is 1. The van der Waals surface area contributed by atoms with E-state index in [-0.39, 0.29) is 29.4 Å². The van der Waals surface area contributed by atoms with Crippen LogP contribution in [0.25, 0.3) is 5.65 Å². The van der Waals surface area contributed by atoms with Gasteiger partial charge in [0, 0.05) is 11.8 Å². The quantitative estimate of drug-likeness (QED) is 0.591. The number of aryl methyl sites for hydroxylation is 2. The first-order valence-electron chi connectivity index (χ1n) is 8.09. The van der Waals surface area contributed by atoms with Gasteiger partial charge in [-0.25, -0.2) is 9.50 Å². The fourth-order valence-corrected chi connectivity index (χ4v) is 2.67. The van der Waals surface area contributed by atoms with E-state index in [1.807, 2.05) is 30.3 Å². The lowest BCUT2D eigenvalue weighted by Crippen LogP contribution is -2.38. The van der Waals surface area contributed by atoms with Crippen LogP contribution >= 0.6 is 12.4 Å². The van der Waals surface area contributed by atoms with Gasteiger partial charge in [-0.3, -0.25) is 9.59 Å². The first-order chi connectivity index (χ1) is 12.5. The Morgan fingerprint density at radius 1 is 1.22 bits per heavy atom. The van der Waals surface area contributed by atoms with Crippen LogP contribution in [0.4, 0.5) is 0 Å². The molecule has 1 amide bonds. The topological polar surface area (TPSA) is 117 Å². The van der Waals surface area contributed by atoms with Gasteiger partial charge in [-0.1, -0.05) is 30.3 Å². The van der Waals surface area contributed by atoms with E-state index >= 15 is 0 Å². The molecule has 142 valence electrons. The third-order valence-corrected chi connectivity index (χ3v) is 4.06. The zero-order valence-corrected chi connectivity index (χ0v) is 15.3. The number of hydrogen-bond donors (Lipinski definition) is 3. The number of aliphatic carboxylic acids is 1. The van der Waals surface area contributed by atoms with Gasteiger partial charge >= 0.3 is 5.97 Å². The Balaban J connectivity index is 0.00000261. The first kappa shape index (κ1) is 20.2. The SMILES string of the molecule is C[C@H](NC(=O)c1c(O)cc(CCc2ccccc2)n2ncnc12)C(=O)O.Cl. The summed E-state index contributed by atoms with van der Waals surface area (Å²) in [6.07, 6.45) is 2.61. The number of rotatable bonds is 6. The van der Waals surface area contributed by atoms with E-state index < -0.39 is 17.9 Å². The molecule has 2 heterocycles.